The monoisotopic (exact) mass is 387 g/mol. The molecular formula is C19H25N5O2S. The highest BCUT2D eigenvalue weighted by Crippen LogP contribution is 2.41. The molecule has 1 aromatic carbocycles. The molecule has 2 aliphatic rings. The number of carbonyl (C=O) groups excluding carboxylic acids is 1. The Hall–Kier alpha value is -2.06. The fraction of sp³-hybridized carbons (Fsp3) is 0.526. The summed E-state index contributed by atoms with van der Waals surface area (Å²) in [6.45, 7) is 5.04. The summed E-state index contributed by atoms with van der Waals surface area (Å²) < 4.78 is 7.68. The van der Waals surface area contributed by atoms with Gasteiger partial charge in [-0.3, -0.25) is 9.36 Å². The van der Waals surface area contributed by atoms with Crippen molar-refractivity contribution in [3.8, 4) is 0 Å². The van der Waals surface area contributed by atoms with E-state index in [-0.39, 0.29) is 11.2 Å². The second kappa shape index (κ2) is 7.90. The van der Waals surface area contributed by atoms with E-state index >= 15 is 0 Å². The van der Waals surface area contributed by atoms with Gasteiger partial charge in [0.1, 0.15) is 0 Å². The van der Waals surface area contributed by atoms with Crippen LogP contribution in [0, 0.1) is 0 Å². The second-order valence-corrected chi connectivity index (χ2v) is 8.28. The quantitative estimate of drug-likeness (QED) is 0.710. The number of benzene rings is 1. The van der Waals surface area contributed by atoms with Crippen LogP contribution in [0.1, 0.15) is 25.8 Å². The van der Waals surface area contributed by atoms with Gasteiger partial charge < -0.3 is 14.5 Å². The van der Waals surface area contributed by atoms with Gasteiger partial charge >= 0.3 is 0 Å². The van der Waals surface area contributed by atoms with Gasteiger partial charge in [0.25, 0.3) is 0 Å². The van der Waals surface area contributed by atoms with Crippen LogP contribution in [0.5, 0.6) is 0 Å². The Morgan fingerprint density at radius 1 is 1.22 bits per heavy atom. The molecule has 0 bridgehead atoms. The van der Waals surface area contributed by atoms with E-state index in [1.807, 2.05) is 44.3 Å². The van der Waals surface area contributed by atoms with Crippen LogP contribution in [0.3, 0.4) is 0 Å². The number of thioether (sulfide) groups is 1. The van der Waals surface area contributed by atoms with Gasteiger partial charge in [0, 0.05) is 31.9 Å². The summed E-state index contributed by atoms with van der Waals surface area (Å²) in [7, 11) is 1.82. The molecule has 2 aromatic rings. The van der Waals surface area contributed by atoms with Gasteiger partial charge in [0.2, 0.25) is 11.9 Å². The largest absolute Gasteiger partial charge is 0.378 e. The van der Waals surface area contributed by atoms with Crippen LogP contribution in [-0.2, 0) is 9.53 Å². The van der Waals surface area contributed by atoms with Crippen LogP contribution in [0.2, 0.25) is 0 Å². The minimum Gasteiger partial charge on any atom is -0.378 e. The van der Waals surface area contributed by atoms with Gasteiger partial charge in [-0.25, -0.2) is 0 Å². The van der Waals surface area contributed by atoms with E-state index in [4.69, 9.17) is 4.74 Å². The summed E-state index contributed by atoms with van der Waals surface area (Å²) in [5, 5.41) is 9.48. The Balaban J connectivity index is 1.50. The third kappa shape index (κ3) is 3.96. The summed E-state index contributed by atoms with van der Waals surface area (Å²) >= 11 is 1.49. The molecular weight excluding hydrogens is 362 g/mol. The van der Waals surface area contributed by atoms with E-state index < -0.39 is 0 Å². The molecule has 1 atom stereocenters. The van der Waals surface area contributed by atoms with Crippen molar-refractivity contribution in [1.82, 2.24) is 14.8 Å². The molecule has 1 saturated heterocycles. The normalized spacial score (nSPS) is 18.4. The zero-order valence-electron chi connectivity index (χ0n) is 15.7. The molecule has 2 heterocycles. The van der Waals surface area contributed by atoms with E-state index in [0.717, 1.165) is 55.9 Å². The predicted molar refractivity (Wildman–Crippen MR) is 106 cm³/mol. The van der Waals surface area contributed by atoms with Crippen molar-refractivity contribution >= 4 is 29.3 Å². The SMILES string of the molecule is CC(Sc1nnc(N2CCOCC2)n1C1CC1)C(=O)N(C)c1ccccc1. The Morgan fingerprint density at radius 3 is 2.59 bits per heavy atom. The molecule has 2 fully saturated rings. The molecule has 1 aromatic heterocycles. The average Bonchev–Trinajstić information content (AvgIpc) is 3.48. The van der Waals surface area contributed by atoms with Crippen molar-refractivity contribution in [1.29, 1.82) is 0 Å². The fourth-order valence-electron chi connectivity index (χ4n) is 3.24. The highest BCUT2D eigenvalue weighted by molar-refractivity contribution is 8.00. The molecule has 1 amide bonds. The molecule has 7 nitrogen and oxygen atoms in total. The molecule has 27 heavy (non-hydrogen) atoms. The number of rotatable bonds is 6. The zero-order chi connectivity index (χ0) is 18.8. The molecule has 4 rings (SSSR count). The fourth-order valence-corrected chi connectivity index (χ4v) is 4.25. The molecule has 0 radical (unpaired) electrons. The summed E-state index contributed by atoms with van der Waals surface area (Å²) in [6, 6.07) is 10.2. The Labute approximate surface area is 163 Å². The van der Waals surface area contributed by atoms with Gasteiger partial charge in [-0.2, -0.15) is 0 Å². The van der Waals surface area contributed by atoms with Crippen LogP contribution < -0.4 is 9.80 Å². The molecule has 144 valence electrons. The van der Waals surface area contributed by atoms with Gasteiger partial charge in [0.05, 0.1) is 18.5 Å². The lowest BCUT2D eigenvalue weighted by Crippen LogP contribution is -2.38. The number of anilines is 2. The van der Waals surface area contributed by atoms with Gasteiger partial charge in [-0.1, -0.05) is 30.0 Å². The first-order valence-electron chi connectivity index (χ1n) is 9.42. The maximum absolute atomic E-state index is 12.9. The van der Waals surface area contributed by atoms with E-state index in [1.165, 1.54) is 11.8 Å². The number of hydrogen-bond acceptors (Lipinski definition) is 6. The molecule has 8 heteroatoms. The summed E-state index contributed by atoms with van der Waals surface area (Å²) in [5.41, 5.74) is 0.896. The van der Waals surface area contributed by atoms with E-state index in [0.29, 0.717) is 6.04 Å². The number of hydrogen-bond donors (Lipinski definition) is 0. The second-order valence-electron chi connectivity index (χ2n) is 6.98. The smallest absolute Gasteiger partial charge is 0.240 e. The predicted octanol–water partition coefficient (Wildman–Crippen LogP) is 2.59. The Kier molecular flexibility index (Phi) is 5.36. The third-order valence-corrected chi connectivity index (χ3v) is 6.00. The minimum absolute atomic E-state index is 0.0597. The third-order valence-electron chi connectivity index (χ3n) is 4.96. The molecule has 1 aliphatic carbocycles. The molecule has 1 unspecified atom stereocenters. The Bertz CT molecular complexity index is 787. The van der Waals surface area contributed by atoms with Crippen LogP contribution in [0.4, 0.5) is 11.6 Å². The highest BCUT2D eigenvalue weighted by atomic mass is 32.2. The van der Waals surface area contributed by atoms with E-state index in [1.54, 1.807) is 4.90 Å². The number of aromatic nitrogens is 3. The minimum atomic E-state index is -0.241. The average molecular weight is 388 g/mol. The van der Waals surface area contributed by atoms with Crippen LogP contribution in [0.15, 0.2) is 35.5 Å². The van der Waals surface area contributed by atoms with Crippen molar-refractivity contribution < 1.29 is 9.53 Å². The van der Waals surface area contributed by atoms with E-state index in [9.17, 15) is 4.79 Å². The lowest BCUT2D eigenvalue weighted by Gasteiger charge is -2.28. The van der Waals surface area contributed by atoms with Gasteiger partial charge in [0.15, 0.2) is 5.16 Å². The lowest BCUT2D eigenvalue weighted by atomic mass is 10.3. The highest BCUT2D eigenvalue weighted by Gasteiger charge is 2.33. The summed E-state index contributed by atoms with van der Waals surface area (Å²) in [5.74, 6) is 0.976. The maximum Gasteiger partial charge on any atom is 0.240 e. The number of nitrogens with zero attached hydrogens (tertiary/aromatic N) is 5. The first-order valence-corrected chi connectivity index (χ1v) is 10.3. The first kappa shape index (κ1) is 18.3. The number of ether oxygens (including phenoxy) is 1. The van der Waals surface area contributed by atoms with Crippen molar-refractivity contribution in [2.45, 2.75) is 36.2 Å². The van der Waals surface area contributed by atoms with Crippen LogP contribution in [-0.4, -0.2) is 59.3 Å². The van der Waals surface area contributed by atoms with Gasteiger partial charge in [-0.15, -0.1) is 10.2 Å². The zero-order valence-corrected chi connectivity index (χ0v) is 16.6. The van der Waals surface area contributed by atoms with Crippen LogP contribution in [0.25, 0.3) is 0 Å². The standard InChI is InChI=1S/C19H25N5O2S/c1-14(17(25)22(2)15-6-4-3-5-7-15)27-19-21-20-18(24(19)16-8-9-16)23-10-12-26-13-11-23/h3-7,14,16H,8-13H2,1-2H3. The number of para-hydroxylation sites is 1. The van der Waals surface area contributed by atoms with Crippen LogP contribution >= 0.6 is 11.8 Å². The van der Waals surface area contributed by atoms with Crippen molar-refractivity contribution in [3.05, 3.63) is 30.3 Å². The van der Waals surface area contributed by atoms with Gasteiger partial charge in [-0.05, 0) is 31.9 Å². The molecule has 1 saturated carbocycles. The molecule has 1 aliphatic heterocycles. The van der Waals surface area contributed by atoms with Crippen molar-refractivity contribution in [2.75, 3.05) is 43.2 Å². The lowest BCUT2D eigenvalue weighted by molar-refractivity contribution is -0.117. The maximum atomic E-state index is 12.9. The first-order chi connectivity index (χ1) is 13.1. The van der Waals surface area contributed by atoms with Crippen molar-refractivity contribution in [3.63, 3.8) is 0 Å². The molecule has 0 N–H and O–H groups in total. The molecule has 0 spiro atoms. The van der Waals surface area contributed by atoms with Crippen molar-refractivity contribution in [2.24, 2.45) is 0 Å². The van der Waals surface area contributed by atoms with E-state index in [2.05, 4.69) is 19.7 Å². The Morgan fingerprint density at radius 2 is 1.93 bits per heavy atom. The number of carbonyl (C=O) groups is 1. The summed E-state index contributed by atoms with van der Waals surface area (Å²) in [6.07, 6.45) is 2.30. The number of amides is 1. The summed E-state index contributed by atoms with van der Waals surface area (Å²) in [4.78, 5) is 16.8. The topological polar surface area (TPSA) is 63.5 Å². The number of morpholine rings is 1.